The van der Waals surface area contributed by atoms with Crippen LogP contribution < -0.4 is 15.5 Å². The second kappa shape index (κ2) is 8.90. The van der Waals surface area contributed by atoms with Crippen LogP contribution in [0.4, 0.5) is 36.7 Å². The summed E-state index contributed by atoms with van der Waals surface area (Å²) in [6, 6.07) is 10.4. The molecule has 2 aromatic heterocycles. The number of pyridine rings is 1. The van der Waals surface area contributed by atoms with Crippen molar-refractivity contribution in [3.63, 3.8) is 0 Å². The minimum Gasteiger partial charge on any atom is -0.352 e. The van der Waals surface area contributed by atoms with Crippen LogP contribution >= 0.6 is 0 Å². The Labute approximate surface area is 177 Å². The van der Waals surface area contributed by atoms with Gasteiger partial charge in [0.25, 0.3) is 0 Å². The van der Waals surface area contributed by atoms with Crippen molar-refractivity contribution in [2.45, 2.75) is 6.92 Å². The molecule has 1 saturated heterocycles. The third kappa shape index (κ3) is 5.03. The van der Waals surface area contributed by atoms with Crippen molar-refractivity contribution < 1.29 is 13.6 Å². The van der Waals surface area contributed by atoms with E-state index >= 15 is 0 Å². The number of nitrogens with zero attached hydrogens (tertiary/aromatic N) is 5. The highest BCUT2D eigenvalue weighted by Crippen LogP contribution is 2.18. The molecule has 1 aliphatic heterocycles. The summed E-state index contributed by atoms with van der Waals surface area (Å²) in [5, 5.41) is 14.2. The van der Waals surface area contributed by atoms with E-state index in [0.29, 0.717) is 43.6 Å². The van der Waals surface area contributed by atoms with Gasteiger partial charge >= 0.3 is 6.03 Å². The third-order valence-electron chi connectivity index (χ3n) is 4.88. The number of carbonyl (C=O) groups is 1. The first-order chi connectivity index (χ1) is 15.0. The Balaban J connectivity index is 1.31. The molecule has 31 heavy (non-hydrogen) atoms. The Morgan fingerprint density at radius 2 is 1.74 bits per heavy atom. The van der Waals surface area contributed by atoms with Crippen molar-refractivity contribution in [2.24, 2.45) is 0 Å². The molecule has 2 amide bonds. The molecule has 0 aliphatic carbocycles. The van der Waals surface area contributed by atoms with Gasteiger partial charge < -0.3 is 20.4 Å². The normalized spacial score (nSPS) is 13.8. The number of halogens is 2. The van der Waals surface area contributed by atoms with Gasteiger partial charge in [0.2, 0.25) is 0 Å². The summed E-state index contributed by atoms with van der Waals surface area (Å²) < 4.78 is 26.3. The van der Waals surface area contributed by atoms with Crippen molar-refractivity contribution in [3.8, 4) is 0 Å². The molecule has 0 spiro atoms. The second-order valence-corrected chi connectivity index (χ2v) is 7.15. The first-order valence-electron chi connectivity index (χ1n) is 9.77. The molecule has 3 heterocycles. The average molecular weight is 425 g/mol. The fraction of sp³-hybridized carbons (Fsp3) is 0.238. The predicted molar refractivity (Wildman–Crippen MR) is 113 cm³/mol. The number of rotatable bonds is 4. The maximum atomic E-state index is 13.3. The zero-order valence-electron chi connectivity index (χ0n) is 16.8. The van der Waals surface area contributed by atoms with E-state index in [1.54, 1.807) is 11.1 Å². The molecular formula is C21H21F2N7O. The maximum Gasteiger partial charge on any atom is 0.321 e. The number of urea groups is 1. The lowest BCUT2D eigenvalue weighted by Gasteiger charge is -2.35. The second-order valence-electron chi connectivity index (χ2n) is 7.15. The van der Waals surface area contributed by atoms with E-state index in [0.717, 1.165) is 17.7 Å². The minimum absolute atomic E-state index is 0.211. The van der Waals surface area contributed by atoms with Crippen LogP contribution in [0, 0.1) is 18.6 Å². The predicted octanol–water partition coefficient (Wildman–Crippen LogP) is 3.56. The van der Waals surface area contributed by atoms with Crippen LogP contribution in [0.2, 0.25) is 0 Å². The van der Waals surface area contributed by atoms with Crippen LogP contribution in [0.5, 0.6) is 0 Å². The lowest BCUT2D eigenvalue weighted by Crippen LogP contribution is -2.50. The summed E-state index contributed by atoms with van der Waals surface area (Å²) in [6.45, 7) is 4.06. The number of aryl methyl sites for hydroxylation is 1. The molecule has 0 unspecified atom stereocenters. The molecule has 1 aromatic carbocycles. The quantitative estimate of drug-likeness (QED) is 0.665. The number of hydrogen-bond acceptors (Lipinski definition) is 6. The summed E-state index contributed by atoms with van der Waals surface area (Å²) in [5.74, 6) is 0.0407. The summed E-state index contributed by atoms with van der Waals surface area (Å²) in [5.41, 5.74) is 1.30. The van der Waals surface area contributed by atoms with E-state index in [-0.39, 0.29) is 11.7 Å². The van der Waals surface area contributed by atoms with Gasteiger partial charge in [0.1, 0.15) is 5.82 Å². The highest BCUT2D eigenvalue weighted by atomic mass is 19.2. The fourth-order valence-electron chi connectivity index (χ4n) is 3.21. The SMILES string of the molecule is Cc1ccnc(Nc2ccc(N3CCN(C(=O)Nc4ccc(F)c(F)c4)CC3)nn2)c1. The summed E-state index contributed by atoms with van der Waals surface area (Å²) in [7, 11) is 0. The van der Waals surface area contributed by atoms with Crippen molar-refractivity contribution in [3.05, 3.63) is 65.9 Å². The molecule has 4 rings (SSSR count). The Kier molecular flexibility index (Phi) is 5.87. The Hall–Kier alpha value is -3.82. The molecule has 0 saturated carbocycles. The number of nitrogens with one attached hydrogen (secondary N) is 2. The van der Waals surface area contributed by atoms with Crippen LogP contribution in [0.3, 0.4) is 0 Å². The van der Waals surface area contributed by atoms with Gasteiger partial charge in [0.05, 0.1) is 0 Å². The lowest BCUT2D eigenvalue weighted by molar-refractivity contribution is 0.208. The molecule has 3 aromatic rings. The first kappa shape index (κ1) is 20.5. The molecule has 1 aliphatic rings. The van der Waals surface area contributed by atoms with Crippen molar-refractivity contribution in [1.82, 2.24) is 20.1 Å². The number of piperazine rings is 1. The van der Waals surface area contributed by atoms with E-state index < -0.39 is 11.6 Å². The maximum absolute atomic E-state index is 13.3. The number of carbonyl (C=O) groups excluding carboxylic acids is 1. The molecule has 0 radical (unpaired) electrons. The molecule has 8 nitrogen and oxygen atoms in total. The van der Waals surface area contributed by atoms with Gasteiger partial charge in [-0.2, -0.15) is 0 Å². The zero-order valence-corrected chi connectivity index (χ0v) is 16.8. The number of anilines is 4. The average Bonchev–Trinajstić information content (AvgIpc) is 2.77. The fourth-order valence-corrected chi connectivity index (χ4v) is 3.21. The van der Waals surface area contributed by atoms with Crippen molar-refractivity contribution in [1.29, 1.82) is 0 Å². The summed E-state index contributed by atoms with van der Waals surface area (Å²) in [6.07, 6.45) is 1.72. The highest BCUT2D eigenvalue weighted by molar-refractivity contribution is 5.89. The van der Waals surface area contributed by atoms with E-state index in [1.165, 1.54) is 6.07 Å². The van der Waals surface area contributed by atoms with Crippen LogP contribution in [0.15, 0.2) is 48.7 Å². The van der Waals surface area contributed by atoms with Gasteiger partial charge in [-0.3, -0.25) is 0 Å². The van der Waals surface area contributed by atoms with Gasteiger partial charge in [-0.1, -0.05) is 0 Å². The largest absolute Gasteiger partial charge is 0.352 e. The summed E-state index contributed by atoms with van der Waals surface area (Å²) >= 11 is 0. The van der Waals surface area contributed by atoms with Crippen molar-refractivity contribution >= 4 is 29.2 Å². The molecule has 0 atom stereocenters. The van der Waals surface area contributed by atoms with Gasteiger partial charge in [-0.25, -0.2) is 18.6 Å². The number of aromatic nitrogens is 3. The van der Waals surface area contributed by atoms with Gasteiger partial charge in [-0.15, -0.1) is 10.2 Å². The van der Waals surface area contributed by atoms with Crippen molar-refractivity contribution in [2.75, 3.05) is 41.7 Å². The van der Waals surface area contributed by atoms with E-state index in [4.69, 9.17) is 0 Å². The molecule has 1 fully saturated rings. The van der Waals surface area contributed by atoms with E-state index in [2.05, 4.69) is 25.8 Å². The minimum atomic E-state index is -1.00. The zero-order chi connectivity index (χ0) is 21.8. The standard InChI is InChI=1S/C21H21F2N7O/c1-14-6-7-24-19(12-14)26-18-4-5-20(28-27-18)29-8-10-30(11-9-29)21(31)25-15-2-3-16(22)17(23)13-15/h2-7,12-13H,8-11H2,1H3,(H,25,31)(H,24,26,27). The molecule has 2 N–H and O–H groups in total. The van der Waals surface area contributed by atoms with Gasteiger partial charge in [0, 0.05) is 44.1 Å². The molecular weight excluding hydrogens is 404 g/mol. The van der Waals surface area contributed by atoms with E-state index in [1.807, 2.05) is 36.1 Å². The van der Waals surface area contributed by atoms with Crippen LogP contribution in [-0.4, -0.2) is 52.3 Å². The third-order valence-corrected chi connectivity index (χ3v) is 4.88. The lowest BCUT2D eigenvalue weighted by atomic mass is 10.3. The molecule has 10 heteroatoms. The number of benzene rings is 1. The van der Waals surface area contributed by atoms with Crippen LogP contribution in [0.1, 0.15) is 5.56 Å². The van der Waals surface area contributed by atoms with E-state index in [9.17, 15) is 13.6 Å². The van der Waals surface area contributed by atoms with Gasteiger partial charge in [0.15, 0.2) is 23.3 Å². The number of amides is 2. The Morgan fingerprint density at radius 3 is 2.42 bits per heavy atom. The highest BCUT2D eigenvalue weighted by Gasteiger charge is 2.22. The number of hydrogen-bond donors (Lipinski definition) is 2. The smallest absolute Gasteiger partial charge is 0.321 e. The van der Waals surface area contributed by atoms with Gasteiger partial charge in [-0.05, 0) is 48.9 Å². The van der Waals surface area contributed by atoms with Crippen LogP contribution in [0.25, 0.3) is 0 Å². The Morgan fingerprint density at radius 1 is 0.935 bits per heavy atom. The molecule has 0 bridgehead atoms. The van der Waals surface area contributed by atoms with Crippen LogP contribution in [-0.2, 0) is 0 Å². The topological polar surface area (TPSA) is 86.3 Å². The molecule has 160 valence electrons. The first-order valence-corrected chi connectivity index (χ1v) is 9.77. The monoisotopic (exact) mass is 425 g/mol. The summed E-state index contributed by atoms with van der Waals surface area (Å²) in [4.78, 5) is 20.3. The Bertz CT molecular complexity index is 1070.